The Bertz CT molecular complexity index is 443. The number of nitrogens with one attached hydrogen (secondary N) is 1. The van der Waals surface area contributed by atoms with Gasteiger partial charge in [0.25, 0.3) is 0 Å². The van der Waals surface area contributed by atoms with Crippen LogP contribution in [0.2, 0.25) is 0 Å². The minimum absolute atomic E-state index is 0.109. The van der Waals surface area contributed by atoms with Crippen LogP contribution in [-0.2, 0) is 21.4 Å². The van der Waals surface area contributed by atoms with E-state index in [0.29, 0.717) is 12.5 Å². The Balaban J connectivity index is 2.76. The van der Waals surface area contributed by atoms with Crippen molar-refractivity contribution >= 4 is 5.97 Å². The lowest BCUT2D eigenvalue weighted by Crippen LogP contribution is -2.38. The van der Waals surface area contributed by atoms with Crippen LogP contribution in [-0.4, -0.2) is 25.2 Å². The van der Waals surface area contributed by atoms with Gasteiger partial charge in [-0.3, -0.25) is 4.79 Å². The van der Waals surface area contributed by atoms with E-state index >= 15 is 0 Å². The summed E-state index contributed by atoms with van der Waals surface area (Å²) >= 11 is 0. The van der Waals surface area contributed by atoms with Gasteiger partial charge in [0.2, 0.25) is 0 Å². The first-order chi connectivity index (χ1) is 9.72. The van der Waals surface area contributed by atoms with Gasteiger partial charge in [-0.2, -0.15) is 0 Å². The maximum absolute atomic E-state index is 11.5. The fourth-order valence-electron chi connectivity index (χ4n) is 2.37. The summed E-state index contributed by atoms with van der Waals surface area (Å²) in [6, 6.07) is 9.13. The standard InChI is InChI=1S/C18H29NO2/c1-13(2)19-16(12-17(20)21-6)11-14-7-9-15(10-8-14)18(3,4)5/h7-10,13,16,19H,11-12H2,1-6H3. The molecular formula is C18H29NO2. The largest absolute Gasteiger partial charge is 0.469 e. The molecule has 0 bridgehead atoms. The number of esters is 1. The van der Waals surface area contributed by atoms with E-state index in [0.717, 1.165) is 6.42 Å². The number of carbonyl (C=O) groups excluding carboxylic acids is 1. The highest BCUT2D eigenvalue weighted by atomic mass is 16.5. The van der Waals surface area contributed by atoms with E-state index in [-0.39, 0.29) is 17.4 Å². The molecule has 0 fully saturated rings. The molecule has 3 heteroatoms. The van der Waals surface area contributed by atoms with Gasteiger partial charge in [-0.25, -0.2) is 0 Å². The van der Waals surface area contributed by atoms with Gasteiger partial charge in [0.05, 0.1) is 13.5 Å². The highest BCUT2D eigenvalue weighted by Gasteiger charge is 2.17. The van der Waals surface area contributed by atoms with Gasteiger partial charge in [0.15, 0.2) is 0 Å². The van der Waals surface area contributed by atoms with Crippen LogP contribution in [0.4, 0.5) is 0 Å². The van der Waals surface area contributed by atoms with Crippen LogP contribution in [0.1, 0.15) is 52.2 Å². The van der Waals surface area contributed by atoms with Crippen molar-refractivity contribution in [2.45, 2.75) is 65.0 Å². The van der Waals surface area contributed by atoms with E-state index in [1.165, 1.54) is 18.2 Å². The van der Waals surface area contributed by atoms with Crippen molar-refractivity contribution in [3.63, 3.8) is 0 Å². The van der Waals surface area contributed by atoms with Gasteiger partial charge < -0.3 is 10.1 Å². The van der Waals surface area contributed by atoms with Crippen LogP contribution in [0.15, 0.2) is 24.3 Å². The van der Waals surface area contributed by atoms with Crippen molar-refractivity contribution in [3.8, 4) is 0 Å². The quantitative estimate of drug-likeness (QED) is 0.816. The molecule has 1 N–H and O–H groups in total. The van der Waals surface area contributed by atoms with Crippen molar-refractivity contribution < 1.29 is 9.53 Å². The Morgan fingerprint density at radius 2 is 1.76 bits per heavy atom. The van der Waals surface area contributed by atoms with Crippen LogP contribution in [0.25, 0.3) is 0 Å². The number of hydrogen-bond acceptors (Lipinski definition) is 3. The molecule has 0 saturated heterocycles. The number of rotatable bonds is 6. The van der Waals surface area contributed by atoms with Crippen molar-refractivity contribution in [1.29, 1.82) is 0 Å². The van der Waals surface area contributed by atoms with Gasteiger partial charge in [-0.1, -0.05) is 58.9 Å². The topological polar surface area (TPSA) is 38.3 Å². The molecule has 0 heterocycles. The third-order valence-corrected chi connectivity index (χ3v) is 3.51. The summed E-state index contributed by atoms with van der Waals surface area (Å²) in [6.07, 6.45) is 1.23. The predicted molar refractivity (Wildman–Crippen MR) is 87.5 cm³/mol. The van der Waals surface area contributed by atoms with E-state index in [1.807, 2.05) is 0 Å². The fourth-order valence-corrected chi connectivity index (χ4v) is 2.37. The van der Waals surface area contributed by atoms with E-state index in [4.69, 9.17) is 4.74 Å². The van der Waals surface area contributed by atoms with Crippen LogP contribution >= 0.6 is 0 Å². The second-order valence-electron chi connectivity index (χ2n) is 6.95. The molecule has 1 rings (SSSR count). The minimum Gasteiger partial charge on any atom is -0.469 e. The maximum Gasteiger partial charge on any atom is 0.307 e. The SMILES string of the molecule is COC(=O)CC(Cc1ccc(C(C)(C)C)cc1)NC(C)C. The number of carbonyl (C=O) groups is 1. The molecule has 0 aromatic heterocycles. The second-order valence-corrected chi connectivity index (χ2v) is 6.95. The summed E-state index contributed by atoms with van der Waals surface area (Å²) in [4.78, 5) is 11.5. The molecule has 0 spiro atoms. The van der Waals surface area contributed by atoms with Crippen molar-refractivity contribution in [1.82, 2.24) is 5.32 Å². The molecule has 1 atom stereocenters. The Hall–Kier alpha value is -1.35. The zero-order chi connectivity index (χ0) is 16.0. The van der Waals surface area contributed by atoms with Gasteiger partial charge in [0.1, 0.15) is 0 Å². The summed E-state index contributed by atoms with van der Waals surface area (Å²) in [5, 5.41) is 3.44. The van der Waals surface area contributed by atoms with Crippen molar-refractivity contribution in [3.05, 3.63) is 35.4 Å². The number of hydrogen-bond donors (Lipinski definition) is 1. The number of benzene rings is 1. The Labute approximate surface area is 129 Å². The zero-order valence-corrected chi connectivity index (χ0v) is 14.2. The smallest absolute Gasteiger partial charge is 0.307 e. The highest BCUT2D eigenvalue weighted by Crippen LogP contribution is 2.22. The fraction of sp³-hybridized carbons (Fsp3) is 0.611. The van der Waals surface area contributed by atoms with E-state index in [9.17, 15) is 4.79 Å². The summed E-state index contributed by atoms with van der Waals surface area (Å²) in [6.45, 7) is 10.8. The van der Waals surface area contributed by atoms with Gasteiger partial charge in [-0.05, 0) is 23.0 Å². The van der Waals surface area contributed by atoms with Crippen LogP contribution in [0.5, 0.6) is 0 Å². The Kier molecular flexibility index (Phi) is 6.41. The summed E-state index contributed by atoms with van der Waals surface area (Å²) in [7, 11) is 1.44. The molecule has 21 heavy (non-hydrogen) atoms. The molecule has 0 aliphatic carbocycles. The molecule has 0 radical (unpaired) electrons. The monoisotopic (exact) mass is 291 g/mol. The van der Waals surface area contributed by atoms with Crippen LogP contribution in [0, 0.1) is 0 Å². The molecule has 1 unspecified atom stereocenters. The molecular weight excluding hydrogens is 262 g/mol. The van der Waals surface area contributed by atoms with Crippen LogP contribution in [0.3, 0.4) is 0 Å². The first-order valence-corrected chi connectivity index (χ1v) is 7.64. The Morgan fingerprint density at radius 1 is 1.19 bits per heavy atom. The van der Waals surface area contributed by atoms with Crippen LogP contribution < -0.4 is 5.32 Å². The lowest BCUT2D eigenvalue weighted by Gasteiger charge is -2.22. The first kappa shape index (κ1) is 17.7. The molecule has 0 aliphatic rings. The van der Waals surface area contributed by atoms with E-state index < -0.39 is 0 Å². The van der Waals surface area contributed by atoms with Gasteiger partial charge in [0, 0.05) is 12.1 Å². The molecule has 0 aliphatic heterocycles. The van der Waals surface area contributed by atoms with Gasteiger partial charge >= 0.3 is 5.97 Å². The average molecular weight is 291 g/mol. The summed E-state index contributed by atoms with van der Waals surface area (Å²) in [5.74, 6) is -0.167. The first-order valence-electron chi connectivity index (χ1n) is 7.64. The predicted octanol–water partition coefficient (Wildman–Crippen LogP) is 3.46. The lowest BCUT2D eigenvalue weighted by molar-refractivity contribution is -0.141. The highest BCUT2D eigenvalue weighted by molar-refractivity contribution is 5.70. The lowest BCUT2D eigenvalue weighted by atomic mass is 9.86. The average Bonchev–Trinajstić information content (AvgIpc) is 2.37. The molecule has 3 nitrogen and oxygen atoms in total. The molecule has 118 valence electrons. The molecule has 0 amide bonds. The maximum atomic E-state index is 11.5. The number of ether oxygens (including phenoxy) is 1. The van der Waals surface area contributed by atoms with Gasteiger partial charge in [-0.15, -0.1) is 0 Å². The van der Waals surface area contributed by atoms with E-state index in [2.05, 4.69) is 64.2 Å². The third kappa shape index (κ3) is 6.30. The third-order valence-electron chi connectivity index (χ3n) is 3.51. The summed E-state index contributed by atoms with van der Waals surface area (Å²) < 4.78 is 4.78. The molecule has 0 saturated carbocycles. The van der Waals surface area contributed by atoms with E-state index in [1.54, 1.807) is 0 Å². The zero-order valence-electron chi connectivity index (χ0n) is 14.2. The summed E-state index contributed by atoms with van der Waals surface area (Å²) in [5.41, 5.74) is 2.73. The number of methoxy groups -OCH3 is 1. The van der Waals surface area contributed by atoms with Crippen molar-refractivity contribution in [2.75, 3.05) is 7.11 Å². The van der Waals surface area contributed by atoms with Crippen molar-refractivity contribution in [2.24, 2.45) is 0 Å². The molecule has 1 aromatic carbocycles. The molecule has 1 aromatic rings. The Morgan fingerprint density at radius 3 is 2.19 bits per heavy atom. The second kappa shape index (κ2) is 7.60. The normalized spacial score (nSPS) is 13.3. The minimum atomic E-state index is -0.167.